The van der Waals surface area contributed by atoms with E-state index in [0.29, 0.717) is 54.5 Å². The minimum absolute atomic E-state index is 0.0910. The molecule has 274 valence electrons. The van der Waals surface area contributed by atoms with Crippen LogP contribution in [0.4, 0.5) is 5.69 Å². The maximum atomic E-state index is 14.3. The fourth-order valence-electron chi connectivity index (χ4n) is 7.47. The van der Waals surface area contributed by atoms with Crippen LogP contribution in [0.5, 0.6) is 17.2 Å². The van der Waals surface area contributed by atoms with Gasteiger partial charge in [0.2, 0.25) is 5.43 Å². The van der Waals surface area contributed by atoms with Crippen molar-refractivity contribution in [2.75, 3.05) is 57.9 Å². The van der Waals surface area contributed by atoms with Gasteiger partial charge in [0, 0.05) is 48.1 Å². The van der Waals surface area contributed by atoms with Gasteiger partial charge in [-0.15, -0.1) is 0 Å². The molecule has 1 aromatic heterocycles. The molecule has 0 atom stereocenters. The highest BCUT2D eigenvalue weighted by Gasteiger charge is 2.25. The molecule has 0 aliphatic carbocycles. The highest BCUT2D eigenvalue weighted by molar-refractivity contribution is 6.07. The molecule has 1 aliphatic heterocycles. The van der Waals surface area contributed by atoms with Gasteiger partial charge in [0.1, 0.15) is 22.8 Å². The van der Waals surface area contributed by atoms with Crippen molar-refractivity contribution < 1.29 is 23.5 Å². The zero-order valence-electron chi connectivity index (χ0n) is 31.8. The summed E-state index contributed by atoms with van der Waals surface area (Å²) in [6.07, 6.45) is 11.7. The topological polar surface area (TPSA) is 70.0 Å². The first-order valence-electron chi connectivity index (χ1n) is 19.1. The van der Waals surface area contributed by atoms with Crippen molar-refractivity contribution in [3.05, 3.63) is 87.7 Å². The number of hydrogen-bond donors (Lipinski definition) is 0. The highest BCUT2D eigenvalue weighted by Crippen LogP contribution is 2.30. The molecule has 0 unspecified atom stereocenters. The average molecular weight is 697 g/mol. The van der Waals surface area contributed by atoms with Crippen molar-refractivity contribution >= 4 is 22.5 Å². The zero-order valence-corrected chi connectivity index (χ0v) is 31.8. The summed E-state index contributed by atoms with van der Waals surface area (Å²) in [6, 6.07) is 17.2. The lowest BCUT2D eigenvalue weighted by Crippen LogP contribution is -2.48. The van der Waals surface area contributed by atoms with Crippen molar-refractivity contribution in [3.8, 4) is 22.9 Å². The van der Waals surface area contributed by atoms with E-state index in [4.69, 9.17) is 14.2 Å². The summed E-state index contributed by atoms with van der Waals surface area (Å²) < 4.78 is 21.2. The van der Waals surface area contributed by atoms with E-state index < -0.39 is 0 Å². The van der Waals surface area contributed by atoms with Crippen molar-refractivity contribution in [2.45, 2.75) is 86.0 Å². The van der Waals surface area contributed by atoms with Gasteiger partial charge in [-0.3, -0.25) is 9.59 Å². The number of likely N-dealkylation sites (tertiary alicyclic amines) is 1. The molecule has 0 radical (unpaired) electrons. The van der Waals surface area contributed by atoms with Gasteiger partial charge in [-0.05, 0) is 109 Å². The molecule has 2 heterocycles. The number of amides is 1. The smallest absolute Gasteiger partial charge is 0.263 e. The number of quaternary nitrogens is 1. The summed E-state index contributed by atoms with van der Waals surface area (Å²) in [5.74, 6) is 1.63. The van der Waals surface area contributed by atoms with Crippen LogP contribution in [0.15, 0.2) is 65.6 Å². The third-order valence-corrected chi connectivity index (χ3v) is 10.1. The molecule has 1 amide bonds. The van der Waals surface area contributed by atoms with Gasteiger partial charge < -0.3 is 28.2 Å². The number of aromatic nitrogens is 1. The quantitative estimate of drug-likeness (QED) is 0.0814. The Morgan fingerprint density at radius 1 is 0.765 bits per heavy atom. The fourth-order valence-corrected chi connectivity index (χ4v) is 7.47. The number of aryl methyl sites for hydroxylation is 2. The number of rotatable bonds is 17. The first-order chi connectivity index (χ1) is 24.6. The summed E-state index contributed by atoms with van der Waals surface area (Å²) >= 11 is 0. The second kappa shape index (κ2) is 17.8. The van der Waals surface area contributed by atoms with Gasteiger partial charge in [-0.2, -0.15) is 0 Å². The lowest BCUT2D eigenvalue weighted by Gasteiger charge is -2.37. The molecule has 4 aromatic rings. The number of pyridine rings is 1. The average Bonchev–Trinajstić information content (AvgIpc) is 3.10. The number of ether oxygens (including phenoxy) is 3. The molecule has 0 spiro atoms. The fraction of sp³-hybridized carbons (Fsp3) is 0.488. The monoisotopic (exact) mass is 696 g/mol. The minimum atomic E-state index is -0.346. The number of benzene rings is 3. The number of unbranched alkanes of at least 4 members (excludes halogenated alkanes) is 4. The molecule has 1 aliphatic rings. The van der Waals surface area contributed by atoms with Crippen LogP contribution in [0.25, 0.3) is 16.6 Å². The van der Waals surface area contributed by atoms with Crippen LogP contribution < -0.4 is 24.5 Å². The largest absolute Gasteiger partial charge is 0.494 e. The van der Waals surface area contributed by atoms with Crippen molar-refractivity contribution in [1.82, 2.24) is 4.57 Å². The van der Waals surface area contributed by atoms with E-state index in [0.717, 1.165) is 35.3 Å². The summed E-state index contributed by atoms with van der Waals surface area (Å²) in [4.78, 5) is 30.1. The van der Waals surface area contributed by atoms with Crippen LogP contribution in [0.1, 0.15) is 93.6 Å². The van der Waals surface area contributed by atoms with Gasteiger partial charge in [-0.1, -0.05) is 18.9 Å². The predicted octanol–water partition coefficient (Wildman–Crippen LogP) is 9.03. The van der Waals surface area contributed by atoms with Gasteiger partial charge in [0.15, 0.2) is 0 Å². The van der Waals surface area contributed by atoms with Crippen LogP contribution in [-0.4, -0.2) is 68.0 Å². The number of hydrogen-bond acceptors (Lipinski definition) is 5. The van der Waals surface area contributed by atoms with Gasteiger partial charge >= 0.3 is 0 Å². The Balaban J connectivity index is 1.41. The van der Waals surface area contributed by atoms with Crippen LogP contribution in [0.3, 0.4) is 0 Å². The van der Waals surface area contributed by atoms with Crippen LogP contribution in [0.2, 0.25) is 0 Å². The number of carbonyl (C=O) groups excluding carboxylic acids is 1. The molecule has 5 rings (SSSR count). The lowest BCUT2D eigenvalue weighted by atomic mass is 10.1. The first-order valence-corrected chi connectivity index (χ1v) is 19.1. The van der Waals surface area contributed by atoms with Crippen LogP contribution >= 0.6 is 0 Å². The molecule has 3 aromatic carbocycles. The molecule has 8 nitrogen and oxygen atoms in total. The Hall–Kier alpha value is -4.30. The third kappa shape index (κ3) is 9.73. The Kier molecular flexibility index (Phi) is 13.2. The number of carbonyl (C=O) groups is 1. The molecule has 0 saturated carbocycles. The SMILES string of the molecule is CCOc1cc(OCC)cc(-n2cc(C(=O)N(CC)c3cc(C)cc(C)c3)c(=O)c3ccc(OCCCCCCC[N+]4(C)CCCCC4)cc32)c1. The molecule has 0 bridgehead atoms. The summed E-state index contributed by atoms with van der Waals surface area (Å²) in [5, 5.41) is 0.439. The Labute approximate surface area is 304 Å². The molecule has 1 fully saturated rings. The second-order valence-corrected chi connectivity index (χ2v) is 14.3. The van der Waals surface area contributed by atoms with E-state index in [1.54, 1.807) is 17.2 Å². The molecule has 0 N–H and O–H groups in total. The van der Waals surface area contributed by atoms with E-state index in [9.17, 15) is 9.59 Å². The Morgan fingerprint density at radius 3 is 2.06 bits per heavy atom. The lowest BCUT2D eigenvalue weighted by molar-refractivity contribution is -0.914. The summed E-state index contributed by atoms with van der Waals surface area (Å²) in [7, 11) is 2.43. The number of piperidine rings is 1. The Morgan fingerprint density at radius 2 is 1.41 bits per heavy atom. The van der Waals surface area contributed by atoms with Crippen LogP contribution in [-0.2, 0) is 0 Å². The number of nitrogens with zero attached hydrogens (tertiary/aromatic N) is 3. The van der Waals surface area contributed by atoms with Crippen molar-refractivity contribution in [2.24, 2.45) is 0 Å². The highest BCUT2D eigenvalue weighted by atomic mass is 16.5. The molecular formula is C43H58N3O5+. The maximum Gasteiger partial charge on any atom is 0.263 e. The predicted molar refractivity (Wildman–Crippen MR) is 208 cm³/mol. The normalized spacial score (nSPS) is 14.0. The van der Waals surface area contributed by atoms with Gasteiger partial charge in [0.25, 0.3) is 5.91 Å². The van der Waals surface area contributed by atoms with E-state index >= 15 is 0 Å². The maximum absolute atomic E-state index is 14.3. The van der Waals surface area contributed by atoms with Crippen LogP contribution in [0, 0.1) is 13.8 Å². The van der Waals surface area contributed by atoms with E-state index in [1.165, 1.54) is 62.6 Å². The minimum Gasteiger partial charge on any atom is -0.494 e. The van der Waals surface area contributed by atoms with E-state index in [1.807, 2.05) is 81.7 Å². The van der Waals surface area contributed by atoms with Crippen molar-refractivity contribution in [3.63, 3.8) is 0 Å². The van der Waals surface area contributed by atoms with Gasteiger partial charge in [0.05, 0.1) is 57.7 Å². The van der Waals surface area contributed by atoms with Crippen molar-refractivity contribution in [1.29, 1.82) is 0 Å². The summed E-state index contributed by atoms with van der Waals surface area (Å²) in [6.45, 7) is 15.8. The van der Waals surface area contributed by atoms with E-state index in [-0.39, 0.29) is 16.9 Å². The van der Waals surface area contributed by atoms with Gasteiger partial charge in [-0.25, -0.2) is 0 Å². The Bertz CT molecular complexity index is 1800. The molecular weight excluding hydrogens is 638 g/mol. The standard InChI is InChI=1S/C43H58N3O5/c1-7-44(34-25-32(4)24-33(5)26-34)43(48)40-31-45(35-27-37(49-8-2)29-38(28-35)50-9-3)41-30-36(18-19-39(41)42(40)47)51-23-17-12-10-11-14-20-46(6)21-15-13-16-22-46/h18-19,24-31H,7-17,20-23H2,1-6H3/q+1. The zero-order chi connectivity index (χ0) is 36.4. The molecule has 8 heteroatoms. The third-order valence-electron chi connectivity index (χ3n) is 10.1. The first kappa shape index (κ1) is 37.9. The van der Waals surface area contributed by atoms with E-state index in [2.05, 4.69) is 13.1 Å². The summed E-state index contributed by atoms with van der Waals surface area (Å²) in [5.41, 5.74) is 4.02. The number of fused-ring (bicyclic) bond motifs is 1. The second-order valence-electron chi connectivity index (χ2n) is 14.3. The molecule has 1 saturated heterocycles. The molecule has 51 heavy (non-hydrogen) atoms. The number of anilines is 1.